The lowest BCUT2D eigenvalue weighted by Crippen LogP contribution is -2.27. The van der Waals surface area contributed by atoms with Gasteiger partial charge in [0.2, 0.25) is 15.9 Å². The summed E-state index contributed by atoms with van der Waals surface area (Å²) < 4.78 is 27.1. The molecule has 0 saturated heterocycles. The molecular weight excluding hydrogens is 418 g/mol. The molecule has 0 saturated carbocycles. The Bertz CT molecular complexity index is 1130. The predicted molar refractivity (Wildman–Crippen MR) is 122 cm³/mol. The predicted octanol–water partition coefficient (Wildman–Crippen LogP) is 4.29. The van der Waals surface area contributed by atoms with Gasteiger partial charge in [0.05, 0.1) is 20.7 Å². The Kier molecular flexibility index (Phi) is 7.12. The first-order chi connectivity index (χ1) is 14.2. The molecule has 1 amide bonds. The summed E-state index contributed by atoms with van der Waals surface area (Å²) in [6, 6.07) is 17.9. The van der Waals surface area contributed by atoms with E-state index < -0.39 is 10.0 Å². The molecule has 158 valence electrons. The van der Waals surface area contributed by atoms with Crippen LogP contribution in [0.1, 0.15) is 20.8 Å². The number of pyridine rings is 1. The Morgan fingerprint density at radius 1 is 1.00 bits per heavy atom. The van der Waals surface area contributed by atoms with Crippen LogP contribution in [0.5, 0.6) is 0 Å². The number of thioether (sulfide) groups is 1. The van der Waals surface area contributed by atoms with Gasteiger partial charge in [-0.3, -0.25) is 4.79 Å². The van der Waals surface area contributed by atoms with Gasteiger partial charge in [-0.05, 0) is 49.2 Å². The molecule has 0 aliphatic rings. The fraction of sp³-hybridized carbons (Fsp3) is 0.273. The summed E-state index contributed by atoms with van der Waals surface area (Å²) >= 11 is 1.37. The third-order valence-electron chi connectivity index (χ3n) is 4.35. The number of hydrogen-bond acceptors (Lipinski definition) is 5. The van der Waals surface area contributed by atoms with E-state index in [1.54, 1.807) is 12.1 Å². The Morgan fingerprint density at radius 2 is 1.70 bits per heavy atom. The first-order valence-electron chi connectivity index (χ1n) is 9.67. The van der Waals surface area contributed by atoms with E-state index in [-0.39, 0.29) is 22.0 Å². The lowest BCUT2D eigenvalue weighted by atomic mass is 10.2. The zero-order valence-corrected chi connectivity index (χ0v) is 18.8. The molecule has 0 radical (unpaired) electrons. The number of hydrogen-bond donors (Lipinski definition) is 2. The van der Waals surface area contributed by atoms with Gasteiger partial charge in [0, 0.05) is 17.6 Å². The number of rotatable bonds is 8. The molecule has 0 bridgehead atoms. The van der Waals surface area contributed by atoms with Crippen LogP contribution in [0.25, 0.3) is 10.9 Å². The van der Waals surface area contributed by atoms with Gasteiger partial charge in [-0.25, -0.2) is 18.1 Å². The largest absolute Gasteiger partial charge is 0.325 e. The minimum atomic E-state index is -3.55. The van der Waals surface area contributed by atoms with Gasteiger partial charge in [0.15, 0.2) is 0 Å². The van der Waals surface area contributed by atoms with Crippen LogP contribution in [0.4, 0.5) is 5.69 Å². The molecule has 1 heterocycles. The van der Waals surface area contributed by atoms with Crippen LogP contribution in [0.2, 0.25) is 0 Å². The van der Waals surface area contributed by atoms with Crippen molar-refractivity contribution in [2.45, 2.75) is 35.9 Å². The first kappa shape index (κ1) is 22.3. The van der Waals surface area contributed by atoms with Gasteiger partial charge in [-0.2, -0.15) is 0 Å². The highest BCUT2D eigenvalue weighted by atomic mass is 32.2. The number of anilines is 1. The van der Waals surface area contributed by atoms with Gasteiger partial charge in [0.25, 0.3) is 0 Å². The SMILES string of the molecule is CC(C)CNS(=O)(=O)c1ccc(NC(=O)C(C)Sc2ccc3ccccc3n2)cc1. The molecule has 0 aliphatic carbocycles. The number of aromatic nitrogens is 1. The summed E-state index contributed by atoms with van der Waals surface area (Å²) in [5.74, 6) is 0.0397. The van der Waals surface area contributed by atoms with Gasteiger partial charge in [0.1, 0.15) is 0 Å². The molecule has 30 heavy (non-hydrogen) atoms. The molecule has 3 aromatic rings. The summed E-state index contributed by atoms with van der Waals surface area (Å²) in [6.07, 6.45) is 0. The Labute approximate surface area is 181 Å². The van der Waals surface area contributed by atoms with Crippen molar-refractivity contribution in [1.29, 1.82) is 0 Å². The smallest absolute Gasteiger partial charge is 0.240 e. The van der Waals surface area contributed by atoms with Crippen molar-refractivity contribution in [3.63, 3.8) is 0 Å². The molecule has 0 spiro atoms. The van der Waals surface area contributed by atoms with Gasteiger partial charge in [-0.15, -0.1) is 0 Å². The Morgan fingerprint density at radius 3 is 2.40 bits per heavy atom. The summed E-state index contributed by atoms with van der Waals surface area (Å²) in [7, 11) is -3.55. The zero-order valence-electron chi connectivity index (χ0n) is 17.1. The van der Waals surface area contributed by atoms with Crippen LogP contribution >= 0.6 is 11.8 Å². The molecule has 3 rings (SSSR count). The van der Waals surface area contributed by atoms with E-state index >= 15 is 0 Å². The summed E-state index contributed by atoms with van der Waals surface area (Å²) in [6.45, 7) is 6.06. The molecule has 0 aliphatic heterocycles. The third kappa shape index (κ3) is 5.81. The maximum Gasteiger partial charge on any atom is 0.240 e. The number of amides is 1. The highest BCUT2D eigenvalue weighted by Crippen LogP contribution is 2.25. The minimum Gasteiger partial charge on any atom is -0.325 e. The van der Waals surface area contributed by atoms with Crippen LogP contribution < -0.4 is 10.0 Å². The van der Waals surface area contributed by atoms with Gasteiger partial charge < -0.3 is 5.32 Å². The van der Waals surface area contributed by atoms with Crippen LogP contribution in [0.3, 0.4) is 0 Å². The van der Waals surface area contributed by atoms with Gasteiger partial charge >= 0.3 is 0 Å². The fourth-order valence-electron chi connectivity index (χ4n) is 2.67. The summed E-state index contributed by atoms with van der Waals surface area (Å²) in [5.41, 5.74) is 1.43. The zero-order chi connectivity index (χ0) is 21.7. The molecular formula is C22H25N3O3S2. The van der Waals surface area contributed by atoms with E-state index in [0.29, 0.717) is 12.2 Å². The lowest BCUT2D eigenvalue weighted by molar-refractivity contribution is -0.115. The highest BCUT2D eigenvalue weighted by Gasteiger charge is 2.17. The van der Waals surface area contributed by atoms with Crippen molar-refractivity contribution in [3.05, 3.63) is 60.7 Å². The van der Waals surface area contributed by atoms with E-state index in [4.69, 9.17) is 0 Å². The monoisotopic (exact) mass is 443 g/mol. The van der Waals surface area contributed by atoms with E-state index in [1.807, 2.05) is 57.2 Å². The second kappa shape index (κ2) is 9.59. The van der Waals surface area contributed by atoms with Crippen molar-refractivity contribution in [2.24, 2.45) is 5.92 Å². The van der Waals surface area contributed by atoms with Crippen molar-refractivity contribution in [2.75, 3.05) is 11.9 Å². The molecule has 0 fully saturated rings. The highest BCUT2D eigenvalue weighted by molar-refractivity contribution is 8.00. The van der Waals surface area contributed by atoms with Crippen LogP contribution in [-0.2, 0) is 14.8 Å². The molecule has 6 nitrogen and oxygen atoms in total. The average Bonchev–Trinajstić information content (AvgIpc) is 2.72. The molecule has 1 unspecified atom stereocenters. The molecule has 1 aromatic heterocycles. The van der Waals surface area contributed by atoms with Crippen molar-refractivity contribution >= 4 is 44.3 Å². The molecule has 2 aromatic carbocycles. The fourth-order valence-corrected chi connectivity index (χ4v) is 4.71. The average molecular weight is 444 g/mol. The molecule has 8 heteroatoms. The van der Waals surface area contributed by atoms with Gasteiger partial charge in [-0.1, -0.05) is 49.9 Å². The van der Waals surface area contributed by atoms with E-state index in [9.17, 15) is 13.2 Å². The second-order valence-corrected chi connectivity index (χ2v) is 10.5. The number of carbonyl (C=O) groups excluding carboxylic acids is 1. The Balaban J connectivity index is 1.61. The number of nitrogens with one attached hydrogen (secondary N) is 2. The third-order valence-corrected chi connectivity index (χ3v) is 6.83. The van der Waals surface area contributed by atoms with Crippen molar-refractivity contribution in [3.8, 4) is 0 Å². The van der Waals surface area contributed by atoms with Crippen molar-refractivity contribution < 1.29 is 13.2 Å². The number of para-hydroxylation sites is 1. The van der Waals surface area contributed by atoms with E-state index in [2.05, 4.69) is 15.0 Å². The maximum atomic E-state index is 12.5. The summed E-state index contributed by atoms with van der Waals surface area (Å²) in [4.78, 5) is 17.3. The standard InChI is InChI=1S/C22H25N3O3S2/c1-15(2)14-23-30(27,28)19-11-9-18(10-12-19)24-22(26)16(3)29-21-13-8-17-6-4-5-7-20(17)25-21/h4-13,15-16,23H,14H2,1-3H3,(H,24,26). The lowest BCUT2D eigenvalue weighted by Gasteiger charge is -2.13. The molecule has 1 atom stereocenters. The van der Waals surface area contributed by atoms with Crippen LogP contribution in [0.15, 0.2) is 70.6 Å². The number of benzene rings is 2. The quantitative estimate of drug-likeness (QED) is 0.507. The number of carbonyl (C=O) groups is 1. The Hall–Kier alpha value is -2.42. The number of sulfonamides is 1. The van der Waals surface area contributed by atoms with Crippen molar-refractivity contribution in [1.82, 2.24) is 9.71 Å². The summed E-state index contributed by atoms with van der Waals surface area (Å²) in [5, 5.41) is 4.28. The van der Waals surface area contributed by atoms with E-state index in [0.717, 1.165) is 15.9 Å². The second-order valence-electron chi connectivity index (χ2n) is 7.36. The van der Waals surface area contributed by atoms with E-state index in [1.165, 1.54) is 23.9 Å². The van der Waals surface area contributed by atoms with Crippen LogP contribution in [0, 0.1) is 5.92 Å². The normalized spacial score (nSPS) is 12.8. The number of nitrogens with zero attached hydrogens (tertiary/aromatic N) is 1. The maximum absolute atomic E-state index is 12.5. The topological polar surface area (TPSA) is 88.2 Å². The molecule has 2 N–H and O–H groups in total. The van der Waals surface area contributed by atoms with Crippen LogP contribution in [-0.4, -0.2) is 31.1 Å². The first-order valence-corrected chi connectivity index (χ1v) is 12.0. The number of fused-ring (bicyclic) bond motifs is 1. The minimum absolute atomic E-state index is 0.170.